The van der Waals surface area contributed by atoms with Gasteiger partial charge in [0.2, 0.25) is 5.91 Å². The Balaban J connectivity index is 1.34. The molecule has 3 heterocycles. The molecule has 0 N–H and O–H groups in total. The number of para-hydroxylation sites is 1. The minimum Gasteiger partial charge on any atom is -0.496 e. The van der Waals surface area contributed by atoms with Crippen LogP contribution in [0.25, 0.3) is 11.1 Å². The van der Waals surface area contributed by atoms with Crippen LogP contribution in [-0.2, 0) is 14.9 Å². The highest BCUT2D eigenvalue weighted by atomic mass is 16.6. The predicted octanol–water partition coefficient (Wildman–Crippen LogP) is 4.68. The van der Waals surface area contributed by atoms with Crippen LogP contribution in [0.3, 0.4) is 0 Å². The molecule has 0 atom stereocenters. The Kier molecular flexibility index (Phi) is 6.93. The van der Waals surface area contributed by atoms with Gasteiger partial charge in [-0.1, -0.05) is 24.3 Å². The third kappa shape index (κ3) is 4.45. The Morgan fingerprint density at radius 3 is 2.42 bits per heavy atom. The molecule has 2 saturated heterocycles. The number of methoxy groups -OCH3 is 1. The van der Waals surface area contributed by atoms with E-state index in [9.17, 15) is 9.59 Å². The highest BCUT2D eigenvalue weighted by molar-refractivity contribution is 5.95. The zero-order valence-electron chi connectivity index (χ0n) is 21.7. The second kappa shape index (κ2) is 10.1. The summed E-state index contributed by atoms with van der Waals surface area (Å²) < 4.78 is 10.8. The number of hydrogen-bond acceptors (Lipinski definition) is 5. The first-order valence-electron chi connectivity index (χ1n) is 13.2. The van der Waals surface area contributed by atoms with E-state index in [4.69, 9.17) is 9.47 Å². The maximum absolute atomic E-state index is 12.6. The van der Waals surface area contributed by atoms with Crippen molar-refractivity contribution in [2.24, 2.45) is 0 Å². The number of carbonyl (C=O) groups excluding carboxylic acids is 2. The van der Waals surface area contributed by atoms with Crippen LogP contribution >= 0.6 is 0 Å². The summed E-state index contributed by atoms with van der Waals surface area (Å²) in [5, 5.41) is 0. The Morgan fingerprint density at radius 2 is 1.75 bits per heavy atom. The summed E-state index contributed by atoms with van der Waals surface area (Å²) in [7, 11) is 1.71. The Labute approximate surface area is 214 Å². The number of rotatable bonds is 4. The van der Waals surface area contributed by atoms with Gasteiger partial charge in [-0.2, -0.15) is 0 Å². The van der Waals surface area contributed by atoms with E-state index >= 15 is 0 Å². The average molecular weight is 492 g/mol. The fraction of sp³-hybridized carbons (Fsp3) is 0.517. The lowest BCUT2D eigenvalue weighted by Gasteiger charge is -2.45. The topological polar surface area (TPSA) is 62.3 Å². The highest BCUT2D eigenvalue weighted by Gasteiger charge is 2.46. The van der Waals surface area contributed by atoms with Crippen molar-refractivity contribution < 1.29 is 19.1 Å². The number of ether oxygens (including phenoxy) is 2. The zero-order valence-corrected chi connectivity index (χ0v) is 21.7. The van der Waals surface area contributed by atoms with Crippen LogP contribution in [0, 0.1) is 0 Å². The number of hydrogen-bond donors (Lipinski definition) is 0. The molecule has 2 amide bonds. The van der Waals surface area contributed by atoms with Crippen molar-refractivity contribution in [3.8, 4) is 16.9 Å². The molecule has 0 radical (unpaired) electrons. The quantitative estimate of drug-likeness (QED) is 0.621. The predicted molar refractivity (Wildman–Crippen MR) is 141 cm³/mol. The molecule has 2 fully saturated rings. The smallest absolute Gasteiger partial charge is 0.409 e. The molecule has 2 aromatic carbocycles. The molecule has 3 aliphatic heterocycles. The van der Waals surface area contributed by atoms with Crippen molar-refractivity contribution in [1.29, 1.82) is 0 Å². The van der Waals surface area contributed by atoms with E-state index in [0.29, 0.717) is 12.6 Å². The number of benzene rings is 2. The molecule has 0 aromatic heterocycles. The van der Waals surface area contributed by atoms with Crippen molar-refractivity contribution in [2.75, 3.05) is 51.3 Å². The minimum absolute atomic E-state index is 0.0266. The average Bonchev–Trinajstić information content (AvgIpc) is 3.23. The standard InChI is InChI=1S/C29H37N3O4/c1-4-36-28(34)31-15-11-23(12-16-31)30-17-13-29(14-18-30)20-32(21(2)33)26-10-9-22(19-25(26)29)24-7-5-6-8-27(24)35-3/h5-10,19,23H,4,11-18,20H2,1-3H3. The normalized spacial score (nSPS) is 19.9. The van der Waals surface area contributed by atoms with E-state index in [1.54, 1.807) is 14.0 Å². The van der Waals surface area contributed by atoms with Crippen LogP contribution in [0.1, 0.15) is 45.1 Å². The van der Waals surface area contributed by atoms with E-state index in [1.807, 2.05) is 34.9 Å². The molecule has 5 rings (SSSR count). The fourth-order valence-corrected chi connectivity index (χ4v) is 6.37. The third-order valence-electron chi connectivity index (χ3n) is 8.38. The first kappa shape index (κ1) is 24.6. The summed E-state index contributed by atoms with van der Waals surface area (Å²) >= 11 is 0. The second-order valence-electron chi connectivity index (χ2n) is 10.3. The number of nitrogens with zero attached hydrogens (tertiary/aromatic N) is 3. The van der Waals surface area contributed by atoms with Crippen LogP contribution < -0.4 is 9.64 Å². The van der Waals surface area contributed by atoms with Crippen molar-refractivity contribution in [1.82, 2.24) is 9.80 Å². The highest BCUT2D eigenvalue weighted by Crippen LogP contribution is 2.49. The number of piperidine rings is 2. The Bertz CT molecular complexity index is 1120. The molecule has 0 bridgehead atoms. The van der Waals surface area contributed by atoms with Gasteiger partial charge in [-0.25, -0.2) is 4.79 Å². The van der Waals surface area contributed by atoms with Gasteiger partial charge >= 0.3 is 6.09 Å². The molecule has 0 unspecified atom stereocenters. The van der Waals surface area contributed by atoms with Gasteiger partial charge in [-0.05, 0) is 75.0 Å². The van der Waals surface area contributed by atoms with Crippen LogP contribution in [0.2, 0.25) is 0 Å². The monoisotopic (exact) mass is 491 g/mol. The van der Waals surface area contributed by atoms with Gasteiger partial charge < -0.3 is 24.2 Å². The maximum Gasteiger partial charge on any atom is 0.409 e. The number of likely N-dealkylation sites (tertiary alicyclic amines) is 2. The molecule has 0 aliphatic carbocycles. The molecule has 2 aromatic rings. The number of amides is 2. The largest absolute Gasteiger partial charge is 0.496 e. The van der Waals surface area contributed by atoms with E-state index < -0.39 is 0 Å². The Morgan fingerprint density at radius 1 is 1.03 bits per heavy atom. The van der Waals surface area contributed by atoms with E-state index in [2.05, 4.69) is 29.2 Å². The van der Waals surface area contributed by atoms with Crippen LogP contribution in [0.4, 0.5) is 10.5 Å². The van der Waals surface area contributed by atoms with Gasteiger partial charge in [-0.15, -0.1) is 0 Å². The van der Waals surface area contributed by atoms with E-state index in [1.165, 1.54) is 5.56 Å². The first-order chi connectivity index (χ1) is 17.5. The van der Waals surface area contributed by atoms with Crippen LogP contribution in [-0.4, -0.2) is 74.3 Å². The van der Waals surface area contributed by atoms with Crippen molar-refractivity contribution in [3.63, 3.8) is 0 Å². The van der Waals surface area contributed by atoms with E-state index in [-0.39, 0.29) is 17.4 Å². The van der Waals surface area contributed by atoms with Gasteiger partial charge in [0, 0.05) is 49.3 Å². The van der Waals surface area contributed by atoms with Gasteiger partial charge in [0.15, 0.2) is 0 Å². The summed E-state index contributed by atoms with van der Waals surface area (Å²) in [6.45, 7) is 8.23. The van der Waals surface area contributed by atoms with Gasteiger partial charge in [0.05, 0.1) is 13.7 Å². The summed E-state index contributed by atoms with van der Waals surface area (Å²) in [6, 6.07) is 15.1. The van der Waals surface area contributed by atoms with Crippen LogP contribution in [0.5, 0.6) is 5.75 Å². The summed E-state index contributed by atoms with van der Waals surface area (Å²) in [5.74, 6) is 0.962. The number of fused-ring (bicyclic) bond motifs is 2. The molecule has 36 heavy (non-hydrogen) atoms. The zero-order chi connectivity index (χ0) is 25.3. The summed E-state index contributed by atoms with van der Waals surface area (Å²) in [4.78, 5) is 31.1. The first-order valence-corrected chi connectivity index (χ1v) is 13.2. The summed E-state index contributed by atoms with van der Waals surface area (Å²) in [6.07, 6.45) is 3.83. The Hall–Kier alpha value is -3.06. The van der Waals surface area contributed by atoms with Crippen molar-refractivity contribution in [3.05, 3.63) is 48.0 Å². The van der Waals surface area contributed by atoms with Crippen molar-refractivity contribution in [2.45, 2.75) is 51.0 Å². The lowest BCUT2D eigenvalue weighted by molar-refractivity contribution is -0.116. The van der Waals surface area contributed by atoms with Gasteiger partial charge in [0.25, 0.3) is 0 Å². The van der Waals surface area contributed by atoms with Crippen molar-refractivity contribution >= 4 is 17.7 Å². The van der Waals surface area contributed by atoms with Gasteiger partial charge in [-0.3, -0.25) is 4.79 Å². The molecule has 192 valence electrons. The minimum atomic E-state index is -0.189. The molecule has 1 spiro atoms. The second-order valence-corrected chi connectivity index (χ2v) is 10.3. The maximum atomic E-state index is 12.6. The summed E-state index contributed by atoms with van der Waals surface area (Å²) in [5.41, 5.74) is 4.52. The third-order valence-corrected chi connectivity index (χ3v) is 8.38. The molecule has 3 aliphatic rings. The fourth-order valence-electron chi connectivity index (χ4n) is 6.37. The molecule has 7 nitrogen and oxygen atoms in total. The lowest BCUT2D eigenvalue weighted by atomic mass is 9.73. The lowest BCUT2D eigenvalue weighted by Crippen LogP contribution is -2.52. The van der Waals surface area contributed by atoms with Crippen LogP contribution in [0.15, 0.2) is 42.5 Å². The van der Waals surface area contributed by atoms with Gasteiger partial charge in [0.1, 0.15) is 5.75 Å². The molecule has 7 heteroatoms. The number of anilines is 1. The molecular formula is C29H37N3O4. The molecule has 0 saturated carbocycles. The molecular weight excluding hydrogens is 454 g/mol. The SMILES string of the molecule is CCOC(=O)N1CCC(N2CCC3(CC2)CN(C(C)=O)c2ccc(-c4ccccc4OC)cc23)CC1. The van der Waals surface area contributed by atoms with E-state index in [0.717, 1.165) is 81.0 Å². The number of carbonyl (C=O) groups is 2.